The first kappa shape index (κ1) is 14.5. The zero-order valence-corrected chi connectivity index (χ0v) is 11.4. The number of nitrogen functional groups attached to an aromatic ring is 1. The van der Waals surface area contributed by atoms with Crippen LogP contribution in [0, 0.1) is 5.92 Å². The molecule has 0 bridgehead atoms. The molecule has 1 saturated heterocycles. The molecule has 1 aromatic heterocycles. The van der Waals surface area contributed by atoms with Gasteiger partial charge in [0, 0.05) is 19.7 Å². The Kier molecular flexibility index (Phi) is 4.70. The third-order valence-corrected chi connectivity index (χ3v) is 3.42. The number of hydrogen-bond acceptors (Lipinski definition) is 6. The summed E-state index contributed by atoms with van der Waals surface area (Å²) >= 11 is 0. The maximum absolute atomic E-state index is 11.7. The van der Waals surface area contributed by atoms with E-state index in [9.17, 15) is 9.59 Å². The van der Waals surface area contributed by atoms with Crippen LogP contribution in [0.2, 0.25) is 0 Å². The Morgan fingerprint density at radius 2 is 2.40 bits per heavy atom. The van der Waals surface area contributed by atoms with Gasteiger partial charge in [-0.1, -0.05) is 5.16 Å². The number of nitrogens with one attached hydrogen (secondary N) is 2. The Bertz CT molecular complexity index is 487. The van der Waals surface area contributed by atoms with Crippen LogP contribution in [0.1, 0.15) is 29.1 Å². The van der Waals surface area contributed by atoms with Gasteiger partial charge in [0.15, 0.2) is 11.5 Å². The molecule has 1 aromatic rings. The number of aromatic nitrogens is 1. The highest BCUT2D eigenvalue weighted by atomic mass is 16.5. The van der Waals surface area contributed by atoms with Gasteiger partial charge in [0.1, 0.15) is 0 Å². The Morgan fingerprint density at radius 3 is 3.10 bits per heavy atom. The van der Waals surface area contributed by atoms with E-state index in [1.807, 2.05) is 5.43 Å². The topological polar surface area (TPSA) is 113 Å². The quantitative estimate of drug-likeness (QED) is 0.379. The fraction of sp³-hybridized carbons (Fsp3) is 0.583. The van der Waals surface area contributed by atoms with Gasteiger partial charge < -0.3 is 9.84 Å². The van der Waals surface area contributed by atoms with Crippen LogP contribution in [0.4, 0.5) is 0 Å². The van der Waals surface area contributed by atoms with Crippen LogP contribution in [-0.4, -0.2) is 42.0 Å². The number of hydrazine groups is 1. The maximum Gasteiger partial charge on any atom is 0.287 e. The summed E-state index contributed by atoms with van der Waals surface area (Å²) in [7, 11) is 1.65. The van der Waals surface area contributed by atoms with Crippen LogP contribution in [0.15, 0.2) is 10.6 Å². The van der Waals surface area contributed by atoms with Crippen LogP contribution in [-0.2, 0) is 11.3 Å². The minimum absolute atomic E-state index is 0.00322. The van der Waals surface area contributed by atoms with E-state index in [1.54, 1.807) is 13.1 Å². The van der Waals surface area contributed by atoms with Gasteiger partial charge in [0.05, 0.1) is 12.5 Å². The minimum atomic E-state index is -0.484. The summed E-state index contributed by atoms with van der Waals surface area (Å²) in [5, 5.41) is 6.33. The van der Waals surface area contributed by atoms with Crippen molar-refractivity contribution in [3.8, 4) is 0 Å². The summed E-state index contributed by atoms with van der Waals surface area (Å²) in [6.45, 7) is 2.10. The number of likely N-dealkylation sites (tertiary alicyclic amines) is 1. The minimum Gasteiger partial charge on any atom is -0.359 e. The number of nitrogens with two attached hydrogens (primary N) is 1. The molecule has 8 nitrogen and oxygen atoms in total. The van der Waals surface area contributed by atoms with Crippen LogP contribution in [0.3, 0.4) is 0 Å². The first-order chi connectivity index (χ1) is 9.63. The Balaban J connectivity index is 1.94. The number of rotatable bonds is 4. The zero-order chi connectivity index (χ0) is 14.5. The second-order valence-electron chi connectivity index (χ2n) is 4.84. The van der Waals surface area contributed by atoms with Crippen LogP contribution in [0.5, 0.6) is 0 Å². The molecule has 1 aliphatic heterocycles. The van der Waals surface area contributed by atoms with Crippen molar-refractivity contribution < 1.29 is 14.1 Å². The summed E-state index contributed by atoms with van der Waals surface area (Å²) in [5.41, 5.74) is 2.15. The molecule has 2 rings (SSSR count). The van der Waals surface area contributed by atoms with E-state index in [0.29, 0.717) is 18.8 Å². The molecule has 0 saturated carbocycles. The lowest BCUT2D eigenvalue weighted by Gasteiger charge is -2.30. The highest BCUT2D eigenvalue weighted by Crippen LogP contribution is 2.19. The normalized spacial score (nSPS) is 19.6. The van der Waals surface area contributed by atoms with Crippen molar-refractivity contribution >= 4 is 11.8 Å². The molecule has 2 amide bonds. The Hall–Kier alpha value is -1.93. The van der Waals surface area contributed by atoms with E-state index >= 15 is 0 Å². The van der Waals surface area contributed by atoms with Gasteiger partial charge in [-0.15, -0.1) is 0 Å². The first-order valence-electron chi connectivity index (χ1n) is 6.54. The van der Waals surface area contributed by atoms with E-state index < -0.39 is 5.91 Å². The van der Waals surface area contributed by atoms with Crippen LogP contribution < -0.4 is 16.6 Å². The van der Waals surface area contributed by atoms with E-state index in [0.717, 1.165) is 19.4 Å². The molecular formula is C12H19N5O3. The van der Waals surface area contributed by atoms with Gasteiger partial charge >= 0.3 is 0 Å². The lowest BCUT2D eigenvalue weighted by Crippen LogP contribution is -2.41. The van der Waals surface area contributed by atoms with Crippen molar-refractivity contribution in [3.63, 3.8) is 0 Å². The molecule has 1 unspecified atom stereocenters. The predicted octanol–water partition coefficient (Wildman–Crippen LogP) is -0.764. The second kappa shape index (κ2) is 6.49. The summed E-state index contributed by atoms with van der Waals surface area (Å²) < 4.78 is 5.10. The van der Waals surface area contributed by atoms with Crippen LogP contribution in [0.25, 0.3) is 0 Å². The number of hydrogen-bond donors (Lipinski definition) is 3. The lowest BCUT2D eigenvalue weighted by molar-refractivity contribution is -0.126. The van der Waals surface area contributed by atoms with Gasteiger partial charge in [-0.05, 0) is 19.4 Å². The van der Waals surface area contributed by atoms with Crippen molar-refractivity contribution in [2.45, 2.75) is 19.4 Å². The monoisotopic (exact) mass is 281 g/mol. The number of carbonyl (C=O) groups is 2. The van der Waals surface area contributed by atoms with Crippen molar-refractivity contribution in [2.24, 2.45) is 11.8 Å². The third-order valence-electron chi connectivity index (χ3n) is 3.42. The van der Waals surface area contributed by atoms with Gasteiger partial charge in [-0.3, -0.25) is 19.9 Å². The van der Waals surface area contributed by atoms with E-state index in [1.165, 1.54) is 0 Å². The van der Waals surface area contributed by atoms with Gasteiger partial charge in [-0.2, -0.15) is 0 Å². The van der Waals surface area contributed by atoms with Crippen molar-refractivity contribution in [3.05, 3.63) is 17.5 Å². The summed E-state index contributed by atoms with van der Waals surface area (Å²) in [6, 6.07) is 1.56. The largest absolute Gasteiger partial charge is 0.359 e. The molecule has 1 fully saturated rings. The summed E-state index contributed by atoms with van der Waals surface area (Å²) in [5.74, 6) is 5.20. The number of nitrogens with zero attached hydrogens (tertiary/aromatic N) is 2. The molecule has 0 spiro atoms. The molecule has 1 atom stereocenters. The highest BCUT2D eigenvalue weighted by molar-refractivity contribution is 5.91. The number of piperidine rings is 1. The average Bonchev–Trinajstić information content (AvgIpc) is 2.94. The smallest absolute Gasteiger partial charge is 0.287 e. The highest BCUT2D eigenvalue weighted by Gasteiger charge is 2.26. The fourth-order valence-corrected chi connectivity index (χ4v) is 2.41. The number of carbonyl (C=O) groups excluding carboxylic acids is 2. The van der Waals surface area contributed by atoms with E-state index in [2.05, 4.69) is 15.4 Å². The number of amides is 2. The molecule has 1 aliphatic rings. The van der Waals surface area contributed by atoms with E-state index in [4.69, 9.17) is 10.4 Å². The van der Waals surface area contributed by atoms with Gasteiger partial charge in [0.25, 0.3) is 5.91 Å². The molecule has 4 N–H and O–H groups in total. The third kappa shape index (κ3) is 3.34. The summed E-state index contributed by atoms with van der Waals surface area (Å²) in [4.78, 5) is 25.0. The Labute approximate surface area is 116 Å². The second-order valence-corrected chi connectivity index (χ2v) is 4.84. The molecular weight excluding hydrogens is 262 g/mol. The summed E-state index contributed by atoms with van der Waals surface area (Å²) in [6.07, 6.45) is 1.86. The van der Waals surface area contributed by atoms with E-state index in [-0.39, 0.29) is 17.5 Å². The fourth-order valence-electron chi connectivity index (χ4n) is 2.41. The molecule has 110 valence electrons. The van der Waals surface area contributed by atoms with Crippen molar-refractivity contribution in [1.29, 1.82) is 0 Å². The first-order valence-corrected chi connectivity index (χ1v) is 6.54. The van der Waals surface area contributed by atoms with Crippen molar-refractivity contribution in [1.82, 2.24) is 20.8 Å². The maximum atomic E-state index is 11.7. The molecule has 20 heavy (non-hydrogen) atoms. The predicted molar refractivity (Wildman–Crippen MR) is 70.2 cm³/mol. The Morgan fingerprint density at radius 1 is 1.60 bits per heavy atom. The van der Waals surface area contributed by atoms with Gasteiger partial charge in [-0.25, -0.2) is 5.84 Å². The zero-order valence-electron chi connectivity index (χ0n) is 11.4. The molecule has 2 heterocycles. The SMILES string of the molecule is CNC(=O)C1CCCN(Cc2cc(C(=O)NN)no2)C1. The molecule has 0 aromatic carbocycles. The molecule has 0 aliphatic carbocycles. The van der Waals surface area contributed by atoms with Crippen LogP contribution >= 0.6 is 0 Å². The van der Waals surface area contributed by atoms with Crippen molar-refractivity contribution in [2.75, 3.05) is 20.1 Å². The lowest BCUT2D eigenvalue weighted by atomic mass is 9.97. The average molecular weight is 281 g/mol. The van der Waals surface area contributed by atoms with Gasteiger partial charge in [0.2, 0.25) is 5.91 Å². The molecule has 8 heteroatoms. The standard InChI is InChI=1S/C12H19N5O3/c1-14-11(18)8-3-2-4-17(6-8)7-9-5-10(16-20-9)12(19)15-13/h5,8H,2-4,6-7,13H2,1H3,(H,14,18)(H,15,19). The molecule has 0 radical (unpaired) electrons.